The number of nitrogens with zero attached hydrogens (tertiary/aromatic N) is 3. The minimum atomic E-state index is -0.0347. The Morgan fingerprint density at radius 2 is 2.42 bits per heavy atom. The summed E-state index contributed by atoms with van der Waals surface area (Å²) in [7, 11) is 0. The van der Waals surface area contributed by atoms with Gasteiger partial charge in [-0.25, -0.2) is 0 Å². The van der Waals surface area contributed by atoms with Crippen molar-refractivity contribution in [2.24, 2.45) is 0 Å². The first kappa shape index (κ1) is 11.7. The van der Waals surface area contributed by atoms with E-state index in [-0.39, 0.29) is 12.0 Å². The molecule has 1 saturated heterocycles. The van der Waals surface area contributed by atoms with Crippen molar-refractivity contribution in [3.05, 3.63) is 42.5 Å². The zero-order valence-electron chi connectivity index (χ0n) is 10.2. The van der Waals surface area contributed by atoms with Crippen LogP contribution in [0.5, 0.6) is 5.88 Å². The Labute approximate surface area is 110 Å². The van der Waals surface area contributed by atoms with Gasteiger partial charge in [0.2, 0.25) is 5.88 Å². The van der Waals surface area contributed by atoms with E-state index < -0.39 is 0 Å². The highest BCUT2D eigenvalue weighted by Crippen LogP contribution is 2.18. The number of likely N-dealkylation sites (tertiary alicyclic amines) is 1. The fourth-order valence-corrected chi connectivity index (χ4v) is 2.10. The fourth-order valence-electron chi connectivity index (χ4n) is 2.10. The molecular formula is C13H13N3O3. The summed E-state index contributed by atoms with van der Waals surface area (Å²) >= 11 is 0. The van der Waals surface area contributed by atoms with Gasteiger partial charge in [-0.15, -0.1) is 5.10 Å². The molecule has 0 unspecified atom stereocenters. The summed E-state index contributed by atoms with van der Waals surface area (Å²) < 4.78 is 10.6. The average Bonchev–Trinajstić information content (AvgIpc) is 3.10. The molecule has 6 nitrogen and oxygen atoms in total. The largest absolute Gasteiger partial charge is 0.472 e. The molecule has 2 aromatic heterocycles. The van der Waals surface area contributed by atoms with Crippen LogP contribution >= 0.6 is 0 Å². The van der Waals surface area contributed by atoms with E-state index in [1.807, 2.05) is 0 Å². The minimum Gasteiger partial charge on any atom is -0.472 e. The SMILES string of the molecule is O=C(c1ccoc1)N1CC[C@H](Oc2cccnn2)C1. The van der Waals surface area contributed by atoms with Crippen molar-refractivity contribution >= 4 is 5.91 Å². The maximum Gasteiger partial charge on any atom is 0.257 e. The molecule has 98 valence electrons. The number of carbonyl (C=O) groups is 1. The lowest BCUT2D eigenvalue weighted by Crippen LogP contribution is -2.30. The fraction of sp³-hybridized carbons (Fsp3) is 0.308. The molecule has 0 aliphatic carbocycles. The van der Waals surface area contributed by atoms with Gasteiger partial charge in [-0.05, 0) is 12.1 Å². The third-order valence-electron chi connectivity index (χ3n) is 3.04. The second kappa shape index (κ2) is 5.09. The number of carbonyl (C=O) groups excluding carboxylic acids is 1. The van der Waals surface area contributed by atoms with Crippen molar-refractivity contribution in [2.45, 2.75) is 12.5 Å². The number of aromatic nitrogens is 2. The van der Waals surface area contributed by atoms with Crippen LogP contribution in [-0.4, -0.2) is 40.2 Å². The van der Waals surface area contributed by atoms with Gasteiger partial charge in [0, 0.05) is 25.2 Å². The second-order valence-corrected chi connectivity index (χ2v) is 4.35. The van der Waals surface area contributed by atoms with Crippen LogP contribution in [0.3, 0.4) is 0 Å². The molecule has 0 saturated carbocycles. The summed E-state index contributed by atoms with van der Waals surface area (Å²) in [6, 6.07) is 5.19. The molecule has 3 rings (SSSR count). The van der Waals surface area contributed by atoms with Crippen molar-refractivity contribution in [2.75, 3.05) is 13.1 Å². The molecule has 1 atom stereocenters. The van der Waals surface area contributed by atoms with E-state index in [9.17, 15) is 4.79 Å². The van der Waals surface area contributed by atoms with Gasteiger partial charge in [-0.3, -0.25) is 4.79 Å². The minimum absolute atomic E-state index is 0.0287. The molecule has 2 aromatic rings. The normalized spacial score (nSPS) is 18.5. The van der Waals surface area contributed by atoms with E-state index in [1.165, 1.54) is 12.5 Å². The maximum absolute atomic E-state index is 12.1. The van der Waals surface area contributed by atoms with Crippen molar-refractivity contribution < 1.29 is 13.9 Å². The Balaban J connectivity index is 1.60. The van der Waals surface area contributed by atoms with Gasteiger partial charge >= 0.3 is 0 Å². The maximum atomic E-state index is 12.1. The van der Waals surface area contributed by atoms with Gasteiger partial charge in [0.25, 0.3) is 5.91 Å². The van der Waals surface area contributed by atoms with Crippen molar-refractivity contribution in [3.8, 4) is 5.88 Å². The molecule has 6 heteroatoms. The van der Waals surface area contributed by atoms with Crippen molar-refractivity contribution in [1.29, 1.82) is 0 Å². The Kier molecular flexibility index (Phi) is 3.14. The molecule has 0 N–H and O–H groups in total. The smallest absolute Gasteiger partial charge is 0.257 e. The molecule has 0 spiro atoms. The topological polar surface area (TPSA) is 68.5 Å². The first-order chi connectivity index (χ1) is 9.33. The summed E-state index contributed by atoms with van der Waals surface area (Å²) in [6.07, 6.45) is 5.31. The number of furan rings is 1. The molecule has 0 aromatic carbocycles. The van der Waals surface area contributed by atoms with Gasteiger partial charge in [0.15, 0.2) is 0 Å². The van der Waals surface area contributed by atoms with Crippen LogP contribution in [0.2, 0.25) is 0 Å². The summed E-state index contributed by atoms with van der Waals surface area (Å²) in [5.41, 5.74) is 0.570. The van der Waals surface area contributed by atoms with Crippen LogP contribution in [0.4, 0.5) is 0 Å². The summed E-state index contributed by atoms with van der Waals surface area (Å²) in [5.74, 6) is 0.462. The highest BCUT2D eigenvalue weighted by molar-refractivity contribution is 5.94. The molecule has 0 bridgehead atoms. The van der Waals surface area contributed by atoms with Crippen LogP contribution in [0.1, 0.15) is 16.8 Å². The first-order valence-corrected chi connectivity index (χ1v) is 6.09. The van der Waals surface area contributed by atoms with Gasteiger partial charge in [0.05, 0.1) is 18.4 Å². The quantitative estimate of drug-likeness (QED) is 0.832. The predicted octanol–water partition coefficient (Wildman–Crippen LogP) is 1.36. The lowest BCUT2D eigenvalue weighted by molar-refractivity contribution is 0.0770. The number of hydrogen-bond acceptors (Lipinski definition) is 5. The Morgan fingerprint density at radius 3 is 3.16 bits per heavy atom. The van der Waals surface area contributed by atoms with Crippen LogP contribution in [0, 0.1) is 0 Å². The predicted molar refractivity (Wildman–Crippen MR) is 65.7 cm³/mol. The number of hydrogen-bond donors (Lipinski definition) is 0. The molecule has 3 heterocycles. The highest BCUT2D eigenvalue weighted by atomic mass is 16.5. The second-order valence-electron chi connectivity index (χ2n) is 4.35. The van der Waals surface area contributed by atoms with Gasteiger partial charge < -0.3 is 14.1 Å². The van der Waals surface area contributed by atoms with Crippen LogP contribution in [-0.2, 0) is 0 Å². The van der Waals surface area contributed by atoms with E-state index in [4.69, 9.17) is 9.15 Å². The van der Waals surface area contributed by atoms with Crippen LogP contribution in [0.25, 0.3) is 0 Å². The lowest BCUT2D eigenvalue weighted by atomic mass is 10.3. The van der Waals surface area contributed by atoms with Crippen LogP contribution < -0.4 is 4.74 Å². The number of rotatable bonds is 3. The van der Waals surface area contributed by atoms with Crippen molar-refractivity contribution in [3.63, 3.8) is 0 Å². The number of amides is 1. The van der Waals surface area contributed by atoms with Gasteiger partial charge in [-0.1, -0.05) is 0 Å². The molecule has 19 heavy (non-hydrogen) atoms. The molecule has 1 aliphatic rings. The lowest BCUT2D eigenvalue weighted by Gasteiger charge is -2.15. The molecule has 1 amide bonds. The average molecular weight is 259 g/mol. The molecule has 0 radical (unpaired) electrons. The summed E-state index contributed by atoms with van der Waals surface area (Å²) in [5, 5.41) is 7.62. The van der Waals surface area contributed by atoms with E-state index >= 15 is 0 Å². The third kappa shape index (κ3) is 2.57. The zero-order valence-corrected chi connectivity index (χ0v) is 10.2. The van der Waals surface area contributed by atoms with Crippen LogP contribution in [0.15, 0.2) is 41.3 Å². The summed E-state index contributed by atoms with van der Waals surface area (Å²) in [4.78, 5) is 13.8. The van der Waals surface area contributed by atoms with E-state index in [1.54, 1.807) is 29.3 Å². The van der Waals surface area contributed by atoms with E-state index in [2.05, 4.69) is 10.2 Å². The Hall–Kier alpha value is -2.37. The monoisotopic (exact) mass is 259 g/mol. The first-order valence-electron chi connectivity index (χ1n) is 6.09. The molecule has 1 aliphatic heterocycles. The van der Waals surface area contributed by atoms with E-state index in [0.717, 1.165) is 6.42 Å². The Bertz CT molecular complexity index is 542. The van der Waals surface area contributed by atoms with Gasteiger partial charge in [0.1, 0.15) is 12.4 Å². The third-order valence-corrected chi connectivity index (χ3v) is 3.04. The van der Waals surface area contributed by atoms with E-state index in [0.29, 0.717) is 24.5 Å². The zero-order chi connectivity index (χ0) is 13.1. The summed E-state index contributed by atoms with van der Waals surface area (Å²) in [6.45, 7) is 1.23. The molecular weight excluding hydrogens is 246 g/mol. The molecule has 1 fully saturated rings. The Morgan fingerprint density at radius 1 is 1.47 bits per heavy atom. The van der Waals surface area contributed by atoms with Gasteiger partial charge in [-0.2, -0.15) is 5.10 Å². The standard InChI is InChI=1S/C13H13N3O3/c17-13(10-4-7-18-9-10)16-6-3-11(8-16)19-12-2-1-5-14-15-12/h1-2,4-5,7,9,11H,3,6,8H2/t11-/m0/s1. The number of ether oxygens (including phenoxy) is 1. The van der Waals surface area contributed by atoms with Crippen molar-refractivity contribution in [1.82, 2.24) is 15.1 Å². The highest BCUT2D eigenvalue weighted by Gasteiger charge is 2.28.